The van der Waals surface area contributed by atoms with Crippen molar-refractivity contribution in [2.24, 2.45) is 11.8 Å². The van der Waals surface area contributed by atoms with Crippen LogP contribution < -0.4 is 0 Å². The van der Waals surface area contributed by atoms with Gasteiger partial charge in [-0.3, -0.25) is 0 Å². The summed E-state index contributed by atoms with van der Waals surface area (Å²) in [6, 6.07) is 5.90. The Bertz CT molecular complexity index is 623. The smallest absolute Gasteiger partial charge is 0.116 e. The number of fused-ring (bicyclic) bond motifs is 5. The van der Waals surface area contributed by atoms with E-state index in [1.807, 2.05) is 12.1 Å². The van der Waals surface area contributed by atoms with Crippen molar-refractivity contribution in [3.05, 3.63) is 47.1 Å². The van der Waals surface area contributed by atoms with E-state index in [4.69, 9.17) is 0 Å². The van der Waals surface area contributed by atoms with Crippen LogP contribution >= 0.6 is 0 Å². The predicted molar refractivity (Wildman–Crippen MR) is 82.6 cm³/mol. The van der Waals surface area contributed by atoms with Gasteiger partial charge in [0.2, 0.25) is 0 Å². The van der Waals surface area contributed by atoms with Crippen molar-refractivity contribution in [1.82, 2.24) is 0 Å². The van der Waals surface area contributed by atoms with Crippen molar-refractivity contribution in [2.45, 2.75) is 44.9 Å². The number of phenols is 1. The molecule has 0 spiro atoms. The maximum absolute atomic E-state index is 9.74. The van der Waals surface area contributed by atoms with Crippen molar-refractivity contribution in [2.75, 3.05) is 0 Å². The first-order chi connectivity index (χ1) is 9.65. The minimum Gasteiger partial charge on any atom is -0.508 e. The summed E-state index contributed by atoms with van der Waals surface area (Å²) in [6.45, 7) is 6.63. The van der Waals surface area contributed by atoms with Gasteiger partial charge in [0.25, 0.3) is 0 Å². The fourth-order valence-corrected chi connectivity index (χ4v) is 4.94. The molecule has 0 amide bonds. The van der Waals surface area contributed by atoms with Crippen LogP contribution in [0.2, 0.25) is 0 Å². The summed E-state index contributed by atoms with van der Waals surface area (Å²) in [5.41, 5.74) is 7.31. The lowest BCUT2D eigenvalue weighted by Crippen LogP contribution is -2.30. The molecule has 0 aromatic heterocycles. The lowest BCUT2D eigenvalue weighted by Gasteiger charge is -2.43. The van der Waals surface area contributed by atoms with Crippen LogP contribution in [0.1, 0.15) is 56.1 Å². The summed E-state index contributed by atoms with van der Waals surface area (Å²) in [5, 5.41) is 9.74. The Balaban J connectivity index is 1.79. The van der Waals surface area contributed by atoms with E-state index < -0.39 is 0 Å². The van der Waals surface area contributed by atoms with Crippen LogP contribution in [0, 0.1) is 11.8 Å². The maximum atomic E-state index is 9.74. The molecule has 1 saturated carbocycles. The van der Waals surface area contributed by atoms with Crippen molar-refractivity contribution >= 4 is 5.57 Å². The summed E-state index contributed by atoms with van der Waals surface area (Å²) in [6.07, 6.45) is 6.33. The van der Waals surface area contributed by atoms with Crippen molar-refractivity contribution in [1.29, 1.82) is 0 Å². The maximum Gasteiger partial charge on any atom is 0.116 e. The molecular formula is C19H22O. The van der Waals surface area contributed by atoms with Gasteiger partial charge in [-0.15, -0.1) is 0 Å². The number of rotatable bonds is 0. The van der Waals surface area contributed by atoms with Crippen LogP contribution in [-0.4, -0.2) is 5.11 Å². The molecule has 1 aromatic carbocycles. The van der Waals surface area contributed by atoms with E-state index in [1.54, 1.807) is 11.1 Å². The highest BCUT2D eigenvalue weighted by Crippen LogP contribution is 2.56. The van der Waals surface area contributed by atoms with E-state index >= 15 is 0 Å². The van der Waals surface area contributed by atoms with Crippen molar-refractivity contribution < 1.29 is 5.11 Å². The van der Waals surface area contributed by atoms with E-state index in [0.717, 1.165) is 18.3 Å². The minimum atomic E-state index is 0.372. The molecule has 3 atom stereocenters. The fourth-order valence-electron chi connectivity index (χ4n) is 4.94. The lowest BCUT2D eigenvalue weighted by atomic mass is 9.61. The molecule has 1 heteroatoms. The van der Waals surface area contributed by atoms with Gasteiger partial charge in [0.15, 0.2) is 0 Å². The summed E-state index contributed by atoms with van der Waals surface area (Å²) in [7, 11) is 0. The number of benzene rings is 1. The van der Waals surface area contributed by atoms with E-state index in [0.29, 0.717) is 11.7 Å². The quantitative estimate of drug-likeness (QED) is 0.653. The summed E-state index contributed by atoms with van der Waals surface area (Å²) < 4.78 is 0. The Morgan fingerprint density at radius 2 is 1.95 bits per heavy atom. The molecule has 0 heterocycles. The van der Waals surface area contributed by atoms with E-state index in [1.165, 1.54) is 42.4 Å². The van der Waals surface area contributed by atoms with Gasteiger partial charge in [-0.25, -0.2) is 0 Å². The highest BCUT2D eigenvalue weighted by molar-refractivity contribution is 5.71. The summed E-state index contributed by atoms with van der Waals surface area (Å²) >= 11 is 0. The third kappa shape index (κ3) is 1.62. The third-order valence-corrected chi connectivity index (χ3v) is 5.88. The molecule has 0 aliphatic heterocycles. The number of allylic oxidation sites excluding steroid dienone is 3. The van der Waals surface area contributed by atoms with Gasteiger partial charge in [-0.05, 0) is 85.6 Å². The van der Waals surface area contributed by atoms with Crippen LogP contribution in [0.3, 0.4) is 0 Å². The largest absolute Gasteiger partial charge is 0.508 e. The zero-order valence-electron chi connectivity index (χ0n) is 12.2. The lowest BCUT2D eigenvalue weighted by molar-refractivity contribution is 0.260. The van der Waals surface area contributed by atoms with Gasteiger partial charge in [-0.1, -0.05) is 23.8 Å². The fraction of sp³-hybridized carbons (Fsp3) is 0.474. The Labute approximate surface area is 121 Å². The SMILES string of the molecule is C=C1CC2C3CCC(C)=C3CCC2c2ccc(O)cc21. The second kappa shape index (κ2) is 4.25. The van der Waals surface area contributed by atoms with Crippen LogP contribution in [0.25, 0.3) is 5.57 Å². The zero-order chi connectivity index (χ0) is 13.9. The van der Waals surface area contributed by atoms with E-state index in [2.05, 4.69) is 19.6 Å². The second-order valence-electron chi connectivity index (χ2n) is 6.84. The molecule has 20 heavy (non-hydrogen) atoms. The minimum absolute atomic E-state index is 0.372. The van der Waals surface area contributed by atoms with Crippen LogP contribution in [-0.2, 0) is 0 Å². The number of hydrogen-bond donors (Lipinski definition) is 1. The highest BCUT2D eigenvalue weighted by Gasteiger charge is 2.42. The summed E-state index contributed by atoms with van der Waals surface area (Å²) in [5.74, 6) is 2.60. The first-order valence-electron chi connectivity index (χ1n) is 7.84. The Hall–Kier alpha value is -1.50. The predicted octanol–water partition coefficient (Wildman–Crippen LogP) is 5.03. The van der Waals surface area contributed by atoms with E-state index in [-0.39, 0.29) is 0 Å². The molecule has 3 aliphatic rings. The molecule has 0 bridgehead atoms. The zero-order valence-corrected chi connectivity index (χ0v) is 12.2. The number of phenolic OH excluding ortho intramolecular Hbond substituents is 1. The second-order valence-corrected chi connectivity index (χ2v) is 6.84. The Morgan fingerprint density at radius 3 is 2.80 bits per heavy atom. The molecule has 0 saturated heterocycles. The first-order valence-corrected chi connectivity index (χ1v) is 7.84. The van der Waals surface area contributed by atoms with Gasteiger partial charge >= 0.3 is 0 Å². The summed E-state index contributed by atoms with van der Waals surface area (Å²) in [4.78, 5) is 0. The van der Waals surface area contributed by atoms with Gasteiger partial charge in [-0.2, -0.15) is 0 Å². The monoisotopic (exact) mass is 266 g/mol. The average molecular weight is 266 g/mol. The molecule has 1 N–H and O–H groups in total. The standard InChI is InChI=1S/C19H22O/c1-11-3-5-15-14(11)7-8-17-16-6-4-13(20)10-18(16)12(2)9-19(15)17/h4,6,10,15,17,19-20H,2-3,5,7-9H2,1H3. The molecule has 1 aromatic rings. The molecular weight excluding hydrogens is 244 g/mol. The third-order valence-electron chi connectivity index (χ3n) is 5.88. The highest BCUT2D eigenvalue weighted by atomic mass is 16.3. The molecule has 3 unspecified atom stereocenters. The van der Waals surface area contributed by atoms with E-state index in [9.17, 15) is 5.11 Å². The van der Waals surface area contributed by atoms with Gasteiger partial charge in [0.1, 0.15) is 5.75 Å². The van der Waals surface area contributed by atoms with Gasteiger partial charge in [0.05, 0.1) is 0 Å². The number of hydrogen-bond acceptors (Lipinski definition) is 1. The van der Waals surface area contributed by atoms with Crippen molar-refractivity contribution in [3.8, 4) is 5.75 Å². The van der Waals surface area contributed by atoms with Crippen LogP contribution in [0.5, 0.6) is 5.75 Å². The average Bonchev–Trinajstić information content (AvgIpc) is 2.81. The first kappa shape index (κ1) is 12.3. The molecule has 0 radical (unpaired) electrons. The van der Waals surface area contributed by atoms with Gasteiger partial charge < -0.3 is 5.11 Å². The number of aromatic hydroxyl groups is 1. The topological polar surface area (TPSA) is 20.2 Å². The van der Waals surface area contributed by atoms with Crippen molar-refractivity contribution in [3.63, 3.8) is 0 Å². The van der Waals surface area contributed by atoms with Crippen LogP contribution in [0.4, 0.5) is 0 Å². The molecule has 1 nitrogen and oxygen atoms in total. The Kier molecular flexibility index (Phi) is 2.60. The molecule has 104 valence electrons. The normalized spacial score (nSPS) is 31.9. The molecule has 1 fully saturated rings. The Morgan fingerprint density at radius 1 is 1.15 bits per heavy atom. The molecule has 3 aliphatic carbocycles. The van der Waals surface area contributed by atoms with Crippen LogP contribution in [0.15, 0.2) is 35.9 Å². The molecule has 4 rings (SSSR count). The van der Waals surface area contributed by atoms with Gasteiger partial charge in [0, 0.05) is 0 Å².